The highest BCUT2D eigenvalue weighted by atomic mass is 35.5. The van der Waals surface area contributed by atoms with Crippen LogP contribution in [-0.2, 0) is 0 Å². The highest BCUT2D eigenvalue weighted by Crippen LogP contribution is 2.25. The number of benzene rings is 2. The van der Waals surface area contributed by atoms with Crippen LogP contribution in [0.25, 0.3) is 0 Å². The van der Waals surface area contributed by atoms with E-state index < -0.39 is 0 Å². The Morgan fingerprint density at radius 1 is 1.11 bits per heavy atom. The van der Waals surface area contributed by atoms with E-state index in [0.717, 1.165) is 5.75 Å². The molecule has 0 heterocycles. The molecule has 4 heteroatoms. The van der Waals surface area contributed by atoms with Crippen LogP contribution in [0.4, 0.5) is 5.69 Å². The van der Waals surface area contributed by atoms with Crippen LogP contribution in [0.3, 0.4) is 0 Å². The van der Waals surface area contributed by atoms with Crippen LogP contribution in [0.5, 0.6) is 5.75 Å². The van der Waals surface area contributed by atoms with E-state index in [-0.39, 0.29) is 0 Å². The van der Waals surface area contributed by atoms with Crippen molar-refractivity contribution in [3.63, 3.8) is 0 Å². The van der Waals surface area contributed by atoms with Crippen LogP contribution >= 0.6 is 23.4 Å². The maximum Gasteiger partial charge on any atom is 0.143 e. The summed E-state index contributed by atoms with van der Waals surface area (Å²) >= 11 is 7.64. The number of ether oxygens (including phenoxy) is 1. The maximum absolute atomic E-state index is 5.88. The van der Waals surface area contributed by atoms with Crippen molar-refractivity contribution in [2.24, 2.45) is 0 Å². The van der Waals surface area contributed by atoms with Gasteiger partial charge in [0.1, 0.15) is 5.75 Å². The molecule has 0 amide bonds. The Morgan fingerprint density at radius 2 is 1.89 bits per heavy atom. The molecule has 0 saturated carbocycles. The molecule has 2 rings (SSSR count). The molecule has 0 aromatic heterocycles. The number of hydrogen-bond acceptors (Lipinski definition) is 3. The molecule has 18 heavy (non-hydrogen) atoms. The molecular weight excluding hydrogens is 266 g/mol. The van der Waals surface area contributed by atoms with Crippen molar-refractivity contribution in [3.8, 4) is 5.75 Å². The zero-order chi connectivity index (χ0) is 12.8. The van der Waals surface area contributed by atoms with Gasteiger partial charge < -0.3 is 10.5 Å². The summed E-state index contributed by atoms with van der Waals surface area (Å²) in [5, 5.41) is 0.634. The lowest BCUT2D eigenvalue weighted by Gasteiger charge is -2.08. The lowest BCUT2D eigenvalue weighted by molar-refractivity contribution is 0.346. The summed E-state index contributed by atoms with van der Waals surface area (Å²) in [6.45, 7) is 0.601. The molecule has 2 nitrogen and oxygen atoms in total. The largest absolute Gasteiger partial charge is 0.491 e. The monoisotopic (exact) mass is 279 g/mol. The number of hydrogen-bond donors (Lipinski definition) is 1. The molecule has 0 radical (unpaired) electrons. The van der Waals surface area contributed by atoms with Gasteiger partial charge in [0.2, 0.25) is 0 Å². The summed E-state index contributed by atoms with van der Waals surface area (Å²) < 4.78 is 5.61. The third-order valence-corrected chi connectivity index (χ3v) is 3.54. The lowest BCUT2D eigenvalue weighted by Crippen LogP contribution is -2.02. The minimum Gasteiger partial charge on any atom is -0.491 e. The maximum atomic E-state index is 5.88. The predicted molar refractivity (Wildman–Crippen MR) is 78.5 cm³/mol. The summed E-state index contributed by atoms with van der Waals surface area (Å²) in [4.78, 5) is 1.24. The summed E-state index contributed by atoms with van der Waals surface area (Å²) in [7, 11) is 0. The molecule has 0 aliphatic carbocycles. The first-order valence-electron chi connectivity index (χ1n) is 5.61. The minimum atomic E-state index is 0.601. The van der Waals surface area contributed by atoms with Crippen molar-refractivity contribution in [2.45, 2.75) is 4.90 Å². The Morgan fingerprint density at radius 3 is 2.67 bits per heavy atom. The Kier molecular flexibility index (Phi) is 4.79. The Hall–Kier alpha value is -1.32. The highest BCUT2D eigenvalue weighted by Gasteiger charge is 2.01. The third kappa shape index (κ3) is 3.86. The summed E-state index contributed by atoms with van der Waals surface area (Å²) in [5.41, 5.74) is 6.41. The Bertz CT molecular complexity index is 504. The van der Waals surface area contributed by atoms with Crippen molar-refractivity contribution in [2.75, 3.05) is 18.1 Å². The average Bonchev–Trinajstić information content (AvgIpc) is 2.40. The van der Waals surface area contributed by atoms with Gasteiger partial charge >= 0.3 is 0 Å². The quantitative estimate of drug-likeness (QED) is 0.509. The lowest BCUT2D eigenvalue weighted by atomic mass is 10.3. The van der Waals surface area contributed by atoms with E-state index in [2.05, 4.69) is 12.1 Å². The van der Waals surface area contributed by atoms with Crippen molar-refractivity contribution in [1.82, 2.24) is 0 Å². The smallest absolute Gasteiger partial charge is 0.143 e. The Balaban J connectivity index is 1.80. The van der Waals surface area contributed by atoms with Gasteiger partial charge in [-0.2, -0.15) is 0 Å². The number of halogens is 1. The fraction of sp³-hybridized carbons (Fsp3) is 0.143. The van der Waals surface area contributed by atoms with Crippen LogP contribution < -0.4 is 10.5 Å². The number of thioether (sulfide) groups is 1. The van der Waals surface area contributed by atoms with Gasteiger partial charge in [-0.3, -0.25) is 0 Å². The zero-order valence-corrected chi connectivity index (χ0v) is 11.4. The second kappa shape index (κ2) is 6.57. The van der Waals surface area contributed by atoms with E-state index >= 15 is 0 Å². The van der Waals surface area contributed by atoms with Gasteiger partial charge in [-0.05, 0) is 24.3 Å². The third-order valence-electron chi connectivity index (χ3n) is 2.33. The molecule has 0 unspecified atom stereocenters. The van der Waals surface area contributed by atoms with Crippen molar-refractivity contribution >= 4 is 29.1 Å². The second-order valence-electron chi connectivity index (χ2n) is 3.69. The zero-order valence-electron chi connectivity index (χ0n) is 9.80. The summed E-state index contributed by atoms with van der Waals surface area (Å²) in [6.07, 6.45) is 0. The first-order chi connectivity index (χ1) is 8.75. The standard InChI is InChI=1S/C14H14ClNOS/c15-11-6-7-13(16)14(10-11)17-8-9-18-12-4-2-1-3-5-12/h1-7,10H,8-9,16H2. The van der Waals surface area contributed by atoms with Gasteiger partial charge in [0.05, 0.1) is 12.3 Å². The van der Waals surface area contributed by atoms with E-state index in [1.165, 1.54) is 4.90 Å². The van der Waals surface area contributed by atoms with Gasteiger partial charge in [-0.15, -0.1) is 11.8 Å². The van der Waals surface area contributed by atoms with Crippen LogP contribution in [0.2, 0.25) is 5.02 Å². The first kappa shape index (κ1) is 13.1. The number of nitrogen functional groups attached to an aromatic ring is 1. The van der Waals surface area contributed by atoms with E-state index in [9.17, 15) is 0 Å². The van der Waals surface area contributed by atoms with Gasteiger partial charge in [0.25, 0.3) is 0 Å². The van der Waals surface area contributed by atoms with Crippen LogP contribution in [-0.4, -0.2) is 12.4 Å². The highest BCUT2D eigenvalue weighted by molar-refractivity contribution is 7.99. The molecule has 94 valence electrons. The molecule has 2 aromatic rings. The van der Waals surface area contributed by atoms with Crippen molar-refractivity contribution in [3.05, 3.63) is 53.6 Å². The topological polar surface area (TPSA) is 35.2 Å². The molecule has 0 fully saturated rings. The van der Waals surface area contributed by atoms with Gasteiger partial charge in [0.15, 0.2) is 0 Å². The molecule has 0 atom stereocenters. The van der Waals surface area contributed by atoms with Crippen molar-refractivity contribution in [1.29, 1.82) is 0 Å². The molecule has 0 aliphatic heterocycles. The van der Waals surface area contributed by atoms with Gasteiger partial charge in [0, 0.05) is 21.7 Å². The van der Waals surface area contributed by atoms with Crippen LogP contribution in [0, 0.1) is 0 Å². The molecule has 2 aromatic carbocycles. The normalized spacial score (nSPS) is 10.3. The SMILES string of the molecule is Nc1ccc(Cl)cc1OCCSc1ccccc1. The van der Waals surface area contributed by atoms with E-state index in [0.29, 0.717) is 23.1 Å². The van der Waals surface area contributed by atoms with Crippen LogP contribution in [0.1, 0.15) is 0 Å². The molecule has 0 spiro atoms. The fourth-order valence-corrected chi connectivity index (χ4v) is 2.38. The van der Waals surface area contributed by atoms with Crippen molar-refractivity contribution < 1.29 is 4.74 Å². The second-order valence-corrected chi connectivity index (χ2v) is 5.30. The predicted octanol–water partition coefficient (Wildman–Crippen LogP) is 4.09. The van der Waals surface area contributed by atoms with E-state index in [4.69, 9.17) is 22.1 Å². The minimum absolute atomic E-state index is 0.601. The molecule has 0 bridgehead atoms. The molecule has 2 N–H and O–H groups in total. The van der Waals surface area contributed by atoms with Crippen LogP contribution in [0.15, 0.2) is 53.4 Å². The summed E-state index contributed by atoms with van der Waals surface area (Å²) in [6, 6.07) is 15.5. The number of nitrogens with two attached hydrogens (primary N) is 1. The first-order valence-corrected chi connectivity index (χ1v) is 6.98. The van der Waals surface area contributed by atoms with E-state index in [1.54, 1.807) is 30.0 Å². The molecular formula is C14H14ClNOS. The summed E-state index contributed by atoms with van der Waals surface area (Å²) in [5.74, 6) is 1.52. The number of rotatable bonds is 5. The van der Waals surface area contributed by atoms with Gasteiger partial charge in [-0.1, -0.05) is 29.8 Å². The number of anilines is 1. The fourth-order valence-electron chi connectivity index (χ4n) is 1.46. The average molecular weight is 280 g/mol. The van der Waals surface area contributed by atoms with E-state index in [1.807, 2.05) is 18.2 Å². The molecule has 0 saturated heterocycles. The Labute approximate surface area is 116 Å². The van der Waals surface area contributed by atoms with Gasteiger partial charge in [-0.25, -0.2) is 0 Å². The molecule has 0 aliphatic rings.